The van der Waals surface area contributed by atoms with Crippen LogP contribution in [0.1, 0.15) is 105 Å². The maximum Gasteiger partial charge on any atom is 0.322 e. The number of rotatable bonds is 9. The lowest BCUT2D eigenvalue weighted by molar-refractivity contribution is 0.0618. The van der Waals surface area contributed by atoms with Crippen LogP contribution >= 0.6 is 34.8 Å². The molecule has 3 aromatic carbocycles. The molecule has 0 spiro atoms. The van der Waals surface area contributed by atoms with Crippen LogP contribution in [-0.2, 0) is 58.5 Å². The van der Waals surface area contributed by atoms with Gasteiger partial charge in [0.05, 0.1) is 87.2 Å². The van der Waals surface area contributed by atoms with Crippen LogP contribution in [0.5, 0.6) is 0 Å². The highest BCUT2D eigenvalue weighted by atomic mass is 35.5. The van der Waals surface area contributed by atoms with E-state index in [0.717, 1.165) is 35.3 Å². The molecule has 516 valence electrons. The van der Waals surface area contributed by atoms with Crippen LogP contribution < -0.4 is 16.0 Å². The van der Waals surface area contributed by atoms with Crippen molar-refractivity contribution >= 4 is 87.7 Å². The van der Waals surface area contributed by atoms with Gasteiger partial charge < -0.3 is 60.7 Å². The summed E-state index contributed by atoms with van der Waals surface area (Å²) in [4.78, 5) is 86.5. The first-order valence-corrected chi connectivity index (χ1v) is 32.4. The number of carbonyl (C=O) groups is 6. The first-order chi connectivity index (χ1) is 45.6. The molecule has 0 saturated heterocycles. The predicted molar refractivity (Wildman–Crippen MR) is 340 cm³/mol. The maximum absolute atomic E-state index is 14.0. The van der Waals surface area contributed by atoms with Crippen molar-refractivity contribution < 1.29 is 70.4 Å². The number of amides is 9. The number of hydrogen-bond donors (Lipinski definition) is 6. The molecule has 6 atom stereocenters. The fraction of sp³-hybridized carbons (Fsp3) is 0.476. The number of aliphatic hydroxyl groups is 3. The fourth-order valence-electron chi connectivity index (χ4n) is 12.8. The quantitative estimate of drug-likeness (QED) is 0.0587. The lowest BCUT2D eigenvalue weighted by Gasteiger charge is -2.28. The summed E-state index contributed by atoms with van der Waals surface area (Å²) in [5.41, 5.74) is 4.66. The Morgan fingerprint density at radius 1 is 0.448 bits per heavy atom. The molecule has 0 aliphatic carbocycles. The summed E-state index contributed by atoms with van der Waals surface area (Å²) >= 11 is 17.1. The Kier molecular flexibility index (Phi) is 21.5. The van der Waals surface area contributed by atoms with E-state index >= 15 is 0 Å². The van der Waals surface area contributed by atoms with E-state index in [1.807, 2.05) is 20.8 Å². The van der Waals surface area contributed by atoms with Crippen molar-refractivity contribution in [3.8, 4) is 0 Å². The van der Waals surface area contributed by atoms with E-state index < -0.39 is 71.3 Å². The van der Waals surface area contributed by atoms with Gasteiger partial charge in [-0.15, -0.1) is 0 Å². The monoisotopic (exact) mass is 1400 g/mol. The first-order valence-electron chi connectivity index (χ1n) is 31.3. The van der Waals surface area contributed by atoms with Gasteiger partial charge in [0.1, 0.15) is 52.0 Å². The van der Waals surface area contributed by atoms with Crippen LogP contribution in [0.3, 0.4) is 0 Å². The second kappa shape index (κ2) is 29.3. The summed E-state index contributed by atoms with van der Waals surface area (Å²) in [7, 11) is 5.05. The van der Waals surface area contributed by atoms with Crippen molar-refractivity contribution in [2.45, 2.75) is 117 Å². The molecule has 96 heavy (non-hydrogen) atoms. The van der Waals surface area contributed by atoms with E-state index in [2.05, 4.69) is 31.2 Å². The molecular weight excluding hydrogens is 1330 g/mol. The maximum atomic E-state index is 14.0. The van der Waals surface area contributed by atoms with Crippen LogP contribution in [0, 0.1) is 52.7 Å². The third-order valence-corrected chi connectivity index (χ3v) is 19.1. The highest BCUT2D eigenvalue weighted by molar-refractivity contribution is 6.31. The van der Waals surface area contributed by atoms with Crippen LogP contribution in [0.15, 0.2) is 36.4 Å². The van der Waals surface area contributed by atoms with Gasteiger partial charge in [-0.3, -0.25) is 28.4 Å². The smallest absolute Gasteiger partial charge is 0.322 e. The lowest BCUT2D eigenvalue weighted by Crippen LogP contribution is -2.40. The van der Waals surface area contributed by atoms with E-state index in [9.17, 15) is 70.4 Å². The molecule has 33 heteroatoms. The van der Waals surface area contributed by atoms with Gasteiger partial charge >= 0.3 is 18.1 Å². The molecule has 6 aliphatic rings. The van der Waals surface area contributed by atoms with Gasteiger partial charge in [-0.2, -0.15) is 15.3 Å². The zero-order valence-corrected chi connectivity index (χ0v) is 55.5. The van der Waals surface area contributed by atoms with Crippen molar-refractivity contribution in [1.82, 2.24) is 58.7 Å². The van der Waals surface area contributed by atoms with Crippen molar-refractivity contribution in [1.29, 1.82) is 0 Å². The fourth-order valence-corrected chi connectivity index (χ4v) is 13.3. The van der Waals surface area contributed by atoms with Crippen molar-refractivity contribution in [2.75, 3.05) is 76.4 Å². The molecule has 9 amide bonds. The molecule has 3 aromatic heterocycles. The molecule has 0 unspecified atom stereocenters. The minimum Gasteiger partial charge on any atom is -0.393 e. The molecule has 0 bridgehead atoms. The van der Waals surface area contributed by atoms with Crippen LogP contribution in [0.25, 0.3) is 0 Å². The van der Waals surface area contributed by atoms with Gasteiger partial charge in [0.25, 0.3) is 17.7 Å². The molecule has 9 heterocycles. The molecule has 0 radical (unpaired) electrons. The number of nitrogens with one attached hydrogen (secondary N) is 3. The summed E-state index contributed by atoms with van der Waals surface area (Å²) in [5.74, 6) is -6.66. The van der Waals surface area contributed by atoms with E-state index in [1.165, 1.54) is 14.7 Å². The number of anilines is 3. The van der Waals surface area contributed by atoms with Gasteiger partial charge in [0.15, 0.2) is 0 Å². The molecule has 6 aliphatic heterocycles. The van der Waals surface area contributed by atoms with Crippen molar-refractivity contribution in [2.24, 2.45) is 17.8 Å². The molecule has 24 nitrogen and oxygen atoms in total. The average Bonchev–Trinajstić information content (AvgIpc) is 1.62. The largest absolute Gasteiger partial charge is 0.393 e. The first kappa shape index (κ1) is 70.6. The number of aliphatic hydroxyl groups excluding tert-OH is 3. The Labute approximate surface area is 562 Å². The number of carbonyl (C=O) groups excluding carboxylic acids is 6. The Morgan fingerprint density at radius 2 is 0.698 bits per heavy atom. The molecule has 0 fully saturated rings. The summed E-state index contributed by atoms with van der Waals surface area (Å²) in [6.45, 7) is 9.39. The minimum atomic E-state index is -0.935. The summed E-state index contributed by atoms with van der Waals surface area (Å²) in [6.07, 6.45) is 1.31. The number of nitrogens with zero attached hydrogens (tertiary/aromatic N) is 12. The van der Waals surface area contributed by atoms with E-state index in [1.54, 1.807) is 49.9 Å². The number of benzene rings is 3. The lowest BCUT2D eigenvalue weighted by atomic mass is 10.0. The normalized spacial score (nSPS) is 19.3. The Hall–Kier alpha value is -8.16. The van der Waals surface area contributed by atoms with Crippen LogP contribution in [0.2, 0.25) is 15.1 Å². The van der Waals surface area contributed by atoms with Gasteiger partial charge in [0, 0.05) is 152 Å². The number of fused-ring (bicyclic) bond motifs is 9. The molecule has 6 aromatic rings. The molecular formula is C63H72Cl3F6N15O9. The highest BCUT2D eigenvalue weighted by Gasteiger charge is 2.40. The Balaban J connectivity index is 0.000000157. The molecule has 6 N–H and O–H groups in total. The topological polar surface area (TPSA) is 272 Å². The Bertz CT molecular complexity index is 3630. The number of hydrogen-bond acceptors (Lipinski definition) is 12. The minimum absolute atomic E-state index is 0.119. The van der Waals surface area contributed by atoms with Gasteiger partial charge in [-0.25, -0.2) is 40.7 Å². The highest BCUT2D eigenvalue weighted by Crippen LogP contribution is 2.34. The predicted octanol–water partition coefficient (Wildman–Crippen LogP) is 8.63. The average molecular weight is 1400 g/mol. The summed E-state index contributed by atoms with van der Waals surface area (Å²) in [6, 6.07) is 3.11. The zero-order chi connectivity index (χ0) is 69.5. The third-order valence-electron chi connectivity index (χ3n) is 18.2. The number of aromatic nitrogens is 6. The van der Waals surface area contributed by atoms with Crippen molar-refractivity contribution in [3.63, 3.8) is 0 Å². The van der Waals surface area contributed by atoms with Crippen LogP contribution in [-0.4, -0.2) is 189 Å². The van der Waals surface area contributed by atoms with Crippen LogP contribution in [0.4, 0.5) is 57.8 Å². The van der Waals surface area contributed by atoms with E-state index in [-0.39, 0.29) is 87.2 Å². The number of urea groups is 3. The van der Waals surface area contributed by atoms with Gasteiger partial charge in [0.2, 0.25) is 0 Å². The Morgan fingerprint density at radius 3 is 0.938 bits per heavy atom. The molecule has 0 saturated carbocycles. The van der Waals surface area contributed by atoms with Gasteiger partial charge in [-0.05, 0) is 37.5 Å². The zero-order valence-electron chi connectivity index (χ0n) is 53.2. The van der Waals surface area contributed by atoms with E-state index in [0.29, 0.717) is 149 Å². The standard InChI is InChI=1S/3C21H24ClF2N5O3/c3*1-3-18(30)11-8-27(2)20(31)19-12-10-28(5-4-16(12)26-29(19)9-11)21(32)25-17-6-13(22)14(23)7-15(17)24/h3*6-7,11,18,30H,3-5,8-10H2,1-2H3,(H,25,32)/t11-,18+;2*11-,18-/m010/s1. The third kappa shape index (κ3) is 14.7. The second-order valence-corrected chi connectivity index (χ2v) is 25.9. The van der Waals surface area contributed by atoms with E-state index in [4.69, 9.17) is 34.8 Å². The SMILES string of the molecule is CC[C@@H](O)[C@@H]1CN(C)C(=O)c2c3c(nn2C1)CCN(C(=O)Nc1cc(Cl)c(F)cc1F)C3.CC[C@@H](O)[C@H]1CN(C)C(=O)c2c3c(nn2C1)CCN(C(=O)Nc1cc(Cl)c(F)cc1F)C3.CC[C@H](O)[C@H]1CN(C)C(=O)c2c3c(nn2C1)CCN(C(=O)Nc1cc(Cl)c(F)cc1F)C3. The summed E-state index contributed by atoms with van der Waals surface area (Å²) in [5, 5.41) is 51.2. The second-order valence-electron chi connectivity index (χ2n) is 24.7. The van der Waals surface area contributed by atoms with Gasteiger partial charge in [-0.1, -0.05) is 55.6 Å². The molecule has 12 rings (SSSR count). The summed E-state index contributed by atoms with van der Waals surface area (Å²) < 4.78 is 87.2. The van der Waals surface area contributed by atoms with Crippen molar-refractivity contribution in [3.05, 3.63) is 137 Å². The number of halogens is 9.